The number of nitrogens with one attached hydrogen (secondary N) is 1. The summed E-state index contributed by atoms with van der Waals surface area (Å²) in [5.74, 6) is -1.82. The maximum atomic E-state index is 12.9. The van der Waals surface area contributed by atoms with E-state index in [9.17, 15) is 14.7 Å². The quantitative estimate of drug-likeness (QED) is 0.0896. The number of Topliss-reactive ketones (excluding diaryl/α,β-unsaturated/α-hetero) is 1. The van der Waals surface area contributed by atoms with Crippen LogP contribution in [0.15, 0.2) is 104 Å². The van der Waals surface area contributed by atoms with Crippen molar-refractivity contribution in [3.63, 3.8) is 0 Å². The zero-order chi connectivity index (χ0) is 28.5. The van der Waals surface area contributed by atoms with Gasteiger partial charge in [-0.25, -0.2) is 4.98 Å². The molecule has 0 aliphatic carbocycles. The van der Waals surface area contributed by atoms with Crippen LogP contribution in [0.3, 0.4) is 0 Å². The number of hydrogen-bond donors (Lipinski definition) is 2. The fourth-order valence-electron chi connectivity index (χ4n) is 4.51. The maximum absolute atomic E-state index is 12.9. The van der Waals surface area contributed by atoms with E-state index in [2.05, 4.69) is 23.5 Å². The molecule has 1 heterocycles. The fourth-order valence-corrected chi connectivity index (χ4v) is 5.67. The topological polar surface area (TPSA) is 79.3 Å². The number of ketones is 1. The lowest BCUT2D eigenvalue weighted by atomic mass is 9.91. The zero-order valence-electron chi connectivity index (χ0n) is 22.1. The lowest BCUT2D eigenvalue weighted by molar-refractivity contribution is -0.141. The number of rotatable bonds is 14. The molecule has 4 rings (SSSR count). The largest absolute Gasteiger partial charge is 0.481 e. The Hall–Kier alpha value is -4.00. The lowest BCUT2D eigenvalue weighted by Crippen LogP contribution is -2.18. The molecule has 0 saturated heterocycles. The molecule has 0 amide bonds. The highest BCUT2D eigenvalue weighted by Gasteiger charge is 2.22. The number of hydrogen-bond acceptors (Lipinski definition) is 5. The molecular formula is C33H31ClN2O3S. The van der Waals surface area contributed by atoms with Gasteiger partial charge in [-0.05, 0) is 67.1 Å². The van der Waals surface area contributed by atoms with Crippen molar-refractivity contribution in [2.45, 2.75) is 32.1 Å². The Kier molecular flexibility index (Phi) is 10.1. The molecule has 4 aromatic rings. The van der Waals surface area contributed by atoms with Crippen LogP contribution < -0.4 is 5.32 Å². The van der Waals surface area contributed by atoms with E-state index in [0.29, 0.717) is 23.4 Å². The van der Waals surface area contributed by atoms with Gasteiger partial charge < -0.3 is 10.4 Å². The average Bonchev–Trinajstić information content (AvgIpc) is 3.34. The fraction of sp³-hybridized carbons (Fsp3) is 0.182. The van der Waals surface area contributed by atoms with Crippen molar-refractivity contribution in [3.05, 3.63) is 114 Å². The summed E-state index contributed by atoms with van der Waals surface area (Å²) in [6.07, 6.45) is 8.10. The first kappa shape index (κ1) is 29.0. The van der Waals surface area contributed by atoms with Crippen molar-refractivity contribution < 1.29 is 14.7 Å². The molecule has 0 spiro atoms. The number of carbonyl (C=O) groups is 2. The average molecular weight is 571 g/mol. The highest BCUT2D eigenvalue weighted by molar-refractivity contribution is 7.22. The van der Waals surface area contributed by atoms with Gasteiger partial charge in [0.1, 0.15) is 0 Å². The Balaban J connectivity index is 1.35. The third-order valence-electron chi connectivity index (χ3n) is 6.62. The number of benzene rings is 3. The van der Waals surface area contributed by atoms with Crippen LogP contribution in [0.2, 0.25) is 5.02 Å². The summed E-state index contributed by atoms with van der Waals surface area (Å²) in [6, 6.07) is 20.9. The van der Waals surface area contributed by atoms with E-state index in [0.717, 1.165) is 50.6 Å². The van der Waals surface area contributed by atoms with Crippen molar-refractivity contribution in [3.8, 4) is 11.1 Å². The summed E-state index contributed by atoms with van der Waals surface area (Å²) in [5, 5.41) is 14.5. The van der Waals surface area contributed by atoms with Crippen LogP contribution >= 0.6 is 22.9 Å². The molecule has 7 heteroatoms. The molecule has 0 aliphatic heterocycles. The third kappa shape index (κ3) is 7.78. The van der Waals surface area contributed by atoms with Crippen LogP contribution in [0.1, 0.15) is 42.5 Å². The van der Waals surface area contributed by atoms with Crippen LogP contribution in [0.4, 0.5) is 10.8 Å². The first-order valence-corrected chi connectivity index (χ1v) is 14.3. The number of nitrogens with zero attached hydrogens (tertiary/aromatic N) is 1. The number of thiazole rings is 1. The number of carboxylic acid groups (broad SMARTS) is 1. The van der Waals surface area contributed by atoms with E-state index in [4.69, 9.17) is 11.6 Å². The van der Waals surface area contributed by atoms with Crippen molar-refractivity contribution in [2.24, 2.45) is 5.92 Å². The molecule has 204 valence electrons. The van der Waals surface area contributed by atoms with Crippen LogP contribution in [0.25, 0.3) is 21.3 Å². The van der Waals surface area contributed by atoms with Crippen LogP contribution in [-0.2, 0) is 4.79 Å². The molecule has 0 fully saturated rings. The first-order chi connectivity index (χ1) is 19.4. The molecule has 0 bridgehead atoms. The minimum Gasteiger partial charge on any atom is -0.481 e. The summed E-state index contributed by atoms with van der Waals surface area (Å²) in [4.78, 5) is 29.3. The normalized spacial score (nSPS) is 12.2. The maximum Gasteiger partial charge on any atom is 0.306 e. The minimum absolute atomic E-state index is 0.0189. The van der Waals surface area contributed by atoms with E-state index >= 15 is 0 Å². The van der Waals surface area contributed by atoms with Gasteiger partial charge in [-0.15, -0.1) is 6.58 Å². The van der Waals surface area contributed by atoms with Gasteiger partial charge in [0, 0.05) is 22.7 Å². The van der Waals surface area contributed by atoms with Gasteiger partial charge in [0.05, 0.1) is 16.1 Å². The number of carbonyl (C=O) groups excluding carboxylic acids is 1. The van der Waals surface area contributed by atoms with Gasteiger partial charge in [-0.2, -0.15) is 0 Å². The molecule has 5 nitrogen and oxygen atoms in total. The van der Waals surface area contributed by atoms with Crippen LogP contribution in [-0.4, -0.2) is 21.8 Å². The summed E-state index contributed by atoms with van der Waals surface area (Å²) in [5.41, 5.74) is 5.46. The number of fused-ring (bicyclic) bond motifs is 1. The van der Waals surface area contributed by atoms with E-state index < -0.39 is 11.9 Å². The molecule has 1 atom stereocenters. The van der Waals surface area contributed by atoms with Crippen molar-refractivity contribution in [1.29, 1.82) is 0 Å². The monoisotopic (exact) mass is 570 g/mol. The number of halogens is 1. The van der Waals surface area contributed by atoms with Crippen LogP contribution in [0.5, 0.6) is 0 Å². The second kappa shape index (κ2) is 13.9. The molecule has 1 aromatic heterocycles. The van der Waals surface area contributed by atoms with E-state index in [1.165, 1.54) is 0 Å². The van der Waals surface area contributed by atoms with E-state index in [1.54, 1.807) is 29.5 Å². The standard InChI is InChI=1S/C33H31ClN2O3S/c1-3-6-22(7-4-2)8-5-9-26(32(38)39)20-30(37)25-12-10-23(11-13-25)24-14-17-28(18-15-24)35-33-36-29-19-16-27(34)21-31(29)40-33/h3-4,6,10-19,21,26H,1-2,5,7-9,20H2,(H,35,36)(H,38,39)/b22-6+. The van der Waals surface area contributed by atoms with Crippen molar-refractivity contribution in [2.75, 3.05) is 5.32 Å². The number of carboxylic acids is 1. The highest BCUT2D eigenvalue weighted by atomic mass is 35.5. The molecule has 2 N–H and O–H groups in total. The molecule has 3 aromatic carbocycles. The number of aromatic nitrogens is 1. The van der Waals surface area contributed by atoms with Crippen molar-refractivity contribution in [1.82, 2.24) is 4.98 Å². The molecule has 0 saturated carbocycles. The van der Waals surface area contributed by atoms with Gasteiger partial charge >= 0.3 is 5.97 Å². The number of aliphatic carboxylic acids is 1. The molecular weight excluding hydrogens is 540 g/mol. The van der Waals surface area contributed by atoms with Crippen molar-refractivity contribution >= 4 is 55.7 Å². The van der Waals surface area contributed by atoms with E-state index in [-0.39, 0.29) is 12.2 Å². The van der Waals surface area contributed by atoms with Gasteiger partial charge in [-0.1, -0.05) is 89.7 Å². The summed E-state index contributed by atoms with van der Waals surface area (Å²) in [7, 11) is 0. The zero-order valence-corrected chi connectivity index (χ0v) is 23.7. The van der Waals surface area contributed by atoms with Gasteiger partial charge in [0.25, 0.3) is 0 Å². The SMILES string of the molecule is C=C/C=C(\CC=C)CCCC(CC(=O)c1ccc(-c2ccc(Nc3nc4ccc(Cl)cc4s3)cc2)cc1)C(=O)O. The Morgan fingerprint density at radius 1 is 1.02 bits per heavy atom. The van der Waals surface area contributed by atoms with Gasteiger partial charge in [0.2, 0.25) is 0 Å². The third-order valence-corrected chi connectivity index (χ3v) is 7.79. The summed E-state index contributed by atoms with van der Waals surface area (Å²) in [6.45, 7) is 7.48. The Morgan fingerprint density at radius 2 is 1.73 bits per heavy atom. The van der Waals surface area contributed by atoms with Gasteiger partial charge in [0.15, 0.2) is 10.9 Å². The summed E-state index contributed by atoms with van der Waals surface area (Å²) < 4.78 is 1.02. The molecule has 1 unspecified atom stereocenters. The molecule has 40 heavy (non-hydrogen) atoms. The lowest BCUT2D eigenvalue weighted by Gasteiger charge is -2.13. The van der Waals surface area contributed by atoms with Crippen LogP contribution in [0, 0.1) is 5.92 Å². The van der Waals surface area contributed by atoms with Gasteiger partial charge in [-0.3, -0.25) is 9.59 Å². The Labute approximate surface area is 243 Å². The molecule has 0 aliphatic rings. The predicted molar refractivity (Wildman–Crippen MR) is 167 cm³/mol. The second-order valence-corrected chi connectivity index (χ2v) is 11.0. The van der Waals surface area contributed by atoms with E-state index in [1.807, 2.05) is 66.7 Å². The first-order valence-electron chi connectivity index (χ1n) is 13.1. The smallest absolute Gasteiger partial charge is 0.306 e. The molecule has 0 radical (unpaired) electrons. The summed E-state index contributed by atoms with van der Waals surface area (Å²) >= 11 is 7.62. The number of anilines is 2. The highest BCUT2D eigenvalue weighted by Crippen LogP contribution is 2.31. The number of allylic oxidation sites excluding steroid dienone is 4. The predicted octanol–water partition coefficient (Wildman–Crippen LogP) is 9.49. The second-order valence-electron chi connectivity index (χ2n) is 9.52. The minimum atomic E-state index is -0.939. The Bertz CT molecular complexity index is 1540. The Morgan fingerprint density at radius 3 is 2.38 bits per heavy atom.